The summed E-state index contributed by atoms with van der Waals surface area (Å²) in [5.41, 5.74) is 4.29. The van der Waals surface area contributed by atoms with Crippen molar-refractivity contribution in [3.05, 3.63) is 54.7 Å². The molecule has 0 amide bonds. The van der Waals surface area contributed by atoms with Crippen LogP contribution in [0.5, 0.6) is 5.75 Å². The summed E-state index contributed by atoms with van der Waals surface area (Å²) in [6.45, 7) is 0. The van der Waals surface area contributed by atoms with Gasteiger partial charge < -0.3 is 9.72 Å². The molecule has 4 aromatic rings. The lowest BCUT2D eigenvalue weighted by atomic mass is 10.2. The van der Waals surface area contributed by atoms with Crippen LogP contribution in [-0.4, -0.2) is 21.9 Å². The van der Waals surface area contributed by atoms with Crippen molar-refractivity contribution in [3.63, 3.8) is 0 Å². The van der Waals surface area contributed by atoms with E-state index in [1.165, 1.54) is 5.39 Å². The van der Waals surface area contributed by atoms with Gasteiger partial charge in [0.15, 0.2) is 0 Å². The van der Waals surface area contributed by atoms with Crippen LogP contribution >= 0.6 is 0 Å². The second kappa shape index (κ2) is 4.13. The molecular formula is C16H13N3O. The first-order chi connectivity index (χ1) is 9.86. The zero-order valence-electron chi connectivity index (χ0n) is 11.0. The molecule has 4 heteroatoms. The van der Waals surface area contributed by atoms with Crippen LogP contribution in [0.3, 0.4) is 0 Å². The van der Waals surface area contributed by atoms with Gasteiger partial charge in [0.05, 0.1) is 30.0 Å². The number of hydrogen-bond donors (Lipinski definition) is 1. The summed E-state index contributed by atoms with van der Waals surface area (Å²) < 4.78 is 7.15. The zero-order chi connectivity index (χ0) is 13.5. The van der Waals surface area contributed by atoms with Crippen LogP contribution in [0.25, 0.3) is 27.6 Å². The summed E-state index contributed by atoms with van der Waals surface area (Å²) in [5.74, 6) is 0.844. The third-order valence-electron chi connectivity index (χ3n) is 3.54. The molecule has 0 saturated carbocycles. The molecule has 2 aromatic heterocycles. The molecule has 0 saturated heterocycles. The smallest absolute Gasteiger partial charge is 0.119 e. The van der Waals surface area contributed by atoms with Gasteiger partial charge in [-0.3, -0.25) is 0 Å². The van der Waals surface area contributed by atoms with Crippen LogP contribution in [0.15, 0.2) is 54.7 Å². The predicted molar refractivity (Wildman–Crippen MR) is 79.5 cm³/mol. The summed E-state index contributed by atoms with van der Waals surface area (Å²) in [4.78, 5) is 3.38. The Balaban J connectivity index is 1.98. The zero-order valence-corrected chi connectivity index (χ0v) is 11.0. The minimum absolute atomic E-state index is 0.844. The Kier molecular flexibility index (Phi) is 2.29. The quantitative estimate of drug-likeness (QED) is 0.601. The fourth-order valence-corrected chi connectivity index (χ4v) is 2.56. The summed E-state index contributed by atoms with van der Waals surface area (Å²) in [7, 11) is 1.67. The second-order valence-electron chi connectivity index (χ2n) is 4.69. The van der Waals surface area contributed by atoms with Gasteiger partial charge in [-0.05, 0) is 30.3 Å². The highest BCUT2D eigenvalue weighted by Crippen LogP contribution is 2.27. The van der Waals surface area contributed by atoms with Gasteiger partial charge >= 0.3 is 0 Å². The first kappa shape index (κ1) is 11.1. The SMILES string of the molecule is COc1ccc(-n2ncc3[nH]c4ccccc4c32)cc1. The number of methoxy groups -OCH3 is 1. The van der Waals surface area contributed by atoms with Gasteiger partial charge in [0, 0.05) is 10.9 Å². The van der Waals surface area contributed by atoms with Crippen molar-refractivity contribution in [2.24, 2.45) is 0 Å². The Morgan fingerprint density at radius 2 is 1.80 bits per heavy atom. The van der Waals surface area contributed by atoms with Crippen LogP contribution in [0.1, 0.15) is 0 Å². The van der Waals surface area contributed by atoms with Crippen LogP contribution in [0.2, 0.25) is 0 Å². The van der Waals surface area contributed by atoms with E-state index >= 15 is 0 Å². The lowest BCUT2D eigenvalue weighted by Crippen LogP contribution is -1.95. The fraction of sp³-hybridized carbons (Fsp3) is 0.0625. The van der Waals surface area contributed by atoms with Gasteiger partial charge in [0.1, 0.15) is 5.75 Å². The second-order valence-corrected chi connectivity index (χ2v) is 4.69. The normalized spacial score (nSPS) is 11.2. The highest BCUT2D eigenvalue weighted by molar-refractivity contribution is 6.05. The molecule has 4 rings (SSSR count). The minimum atomic E-state index is 0.844. The fourth-order valence-electron chi connectivity index (χ4n) is 2.56. The standard InChI is InChI=1S/C16H13N3O/c1-20-12-8-6-11(7-9-12)19-16-13-4-2-3-5-14(13)18-15(16)10-17-19/h2-10,18H,1H3. The van der Waals surface area contributed by atoms with Gasteiger partial charge in [-0.1, -0.05) is 18.2 Å². The van der Waals surface area contributed by atoms with Crippen molar-refractivity contribution in [2.75, 3.05) is 7.11 Å². The number of aromatic amines is 1. The first-order valence-corrected chi connectivity index (χ1v) is 6.46. The molecule has 4 nitrogen and oxygen atoms in total. The number of H-pyrrole nitrogens is 1. The molecule has 0 atom stereocenters. The minimum Gasteiger partial charge on any atom is -0.497 e. The number of rotatable bonds is 2. The number of nitrogens with zero attached hydrogens (tertiary/aromatic N) is 2. The molecule has 0 unspecified atom stereocenters. The number of fused-ring (bicyclic) bond motifs is 3. The first-order valence-electron chi connectivity index (χ1n) is 6.46. The molecule has 0 spiro atoms. The van der Waals surface area contributed by atoms with Gasteiger partial charge in [-0.15, -0.1) is 0 Å². The summed E-state index contributed by atoms with van der Waals surface area (Å²) in [5, 5.41) is 5.65. The molecule has 0 aliphatic carbocycles. The van der Waals surface area contributed by atoms with Crippen molar-refractivity contribution in [1.82, 2.24) is 14.8 Å². The van der Waals surface area contributed by atoms with Crippen LogP contribution in [0, 0.1) is 0 Å². The molecule has 2 aromatic carbocycles. The largest absolute Gasteiger partial charge is 0.497 e. The number of aromatic nitrogens is 3. The van der Waals surface area contributed by atoms with E-state index in [1.54, 1.807) is 7.11 Å². The Labute approximate surface area is 115 Å². The molecule has 1 N–H and O–H groups in total. The van der Waals surface area contributed by atoms with E-state index in [9.17, 15) is 0 Å². The maximum Gasteiger partial charge on any atom is 0.119 e. The number of ether oxygens (including phenoxy) is 1. The van der Waals surface area contributed by atoms with E-state index in [-0.39, 0.29) is 0 Å². The number of nitrogens with one attached hydrogen (secondary N) is 1. The third-order valence-corrected chi connectivity index (χ3v) is 3.54. The summed E-state index contributed by atoms with van der Waals surface area (Å²) in [6, 6.07) is 16.2. The Morgan fingerprint density at radius 3 is 2.60 bits per heavy atom. The molecule has 20 heavy (non-hydrogen) atoms. The monoisotopic (exact) mass is 263 g/mol. The highest BCUT2D eigenvalue weighted by atomic mass is 16.5. The van der Waals surface area contributed by atoms with Gasteiger partial charge in [-0.25, -0.2) is 4.68 Å². The van der Waals surface area contributed by atoms with E-state index in [0.717, 1.165) is 28.0 Å². The maximum atomic E-state index is 5.19. The Hall–Kier alpha value is -2.75. The van der Waals surface area contributed by atoms with Crippen LogP contribution < -0.4 is 4.74 Å². The molecule has 0 aliphatic rings. The summed E-state index contributed by atoms with van der Waals surface area (Å²) >= 11 is 0. The van der Waals surface area contributed by atoms with Crippen molar-refractivity contribution >= 4 is 21.9 Å². The molecule has 2 heterocycles. The lowest BCUT2D eigenvalue weighted by Gasteiger charge is -2.04. The third kappa shape index (κ3) is 1.51. The molecule has 0 fully saturated rings. The van der Waals surface area contributed by atoms with Crippen molar-refractivity contribution < 1.29 is 4.74 Å². The van der Waals surface area contributed by atoms with Gasteiger partial charge in [0.25, 0.3) is 0 Å². The molecule has 0 bridgehead atoms. The molecule has 0 aliphatic heterocycles. The molecule has 98 valence electrons. The number of para-hydroxylation sites is 1. The molecule has 0 radical (unpaired) electrons. The maximum absolute atomic E-state index is 5.19. The number of hydrogen-bond acceptors (Lipinski definition) is 2. The van der Waals surface area contributed by atoms with E-state index in [2.05, 4.69) is 22.2 Å². The van der Waals surface area contributed by atoms with Gasteiger partial charge in [-0.2, -0.15) is 5.10 Å². The Morgan fingerprint density at radius 1 is 1.00 bits per heavy atom. The van der Waals surface area contributed by atoms with E-state index in [1.807, 2.05) is 47.3 Å². The Bertz CT molecular complexity index is 887. The van der Waals surface area contributed by atoms with E-state index in [4.69, 9.17) is 4.74 Å². The average molecular weight is 263 g/mol. The van der Waals surface area contributed by atoms with Gasteiger partial charge in [0.2, 0.25) is 0 Å². The topological polar surface area (TPSA) is 42.8 Å². The van der Waals surface area contributed by atoms with Crippen molar-refractivity contribution in [1.29, 1.82) is 0 Å². The highest BCUT2D eigenvalue weighted by Gasteiger charge is 2.11. The van der Waals surface area contributed by atoms with Crippen molar-refractivity contribution in [3.8, 4) is 11.4 Å². The number of benzene rings is 2. The van der Waals surface area contributed by atoms with E-state index < -0.39 is 0 Å². The van der Waals surface area contributed by atoms with Crippen molar-refractivity contribution in [2.45, 2.75) is 0 Å². The van der Waals surface area contributed by atoms with Crippen LogP contribution in [0.4, 0.5) is 0 Å². The van der Waals surface area contributed by atoms with E-state index in [0.29, 0.717) is 0 Å². The lowest BCUT2D eigenvalue weighted by molar-refractivity contribution is 0.414. The predicted octanol–water partition coefficient (Wildman–Crippen LogP) is 3.52. The summed E-state index contributed by atoms with van der Waals surface area (Å²) in [6.07, 6.45) is 1.86. The van der Waals surface area contributed by atoms with Crippen LogP contribution in [-0.2, 0) is 0 Å². The molecular weight excluding hydrogens is 250 g/mol. The average Bonchev–Trinajstić information content (AvgIpc) is 3.06.